The summed E-state index contributed by atoms with van der Waals surface area (Å²) in [5, 5.41) is 0. The van der Waals surface area contributed by atoms with E-state index in [2.05, 4.69) is 55.0 Å². The van der Waals surface area contributed by atoms with Gasteiger partial charge in [0.2, 0.25) is 0 Å². The van der Waals surface area contributed by atoms with Crippen LogP contribution in [-0.4, -0.2) is 0 Å². The molecule has 1 aliphatic carbocycles. The van der Waals surface area contributed by atoms with Gasteiger partial charge in [0.25, 0.3) is 0 Å². The van der Waals surface area contributed by atoms with Gasteiger partial charge in [0.15, 0.2) is 0 Å². The van der Waals surface area contributed by atoms with Crippen LogP contribution in [0.3, 0.4) is 0 Å². The third-order valence-electron chi connectivity index (χ3n) is 2.09. The molecule has 0 bridgehead atoms. The quantitative estimate of drug-likeness (QED) is 0.494. The topological polar surface area (TPSA) is 0 Å². The highest BCUT2D eigenvalue weighted by Crippen LogP contribution is 2.01. The molecule has 0 aromatic heterocycles. The van der Waals surface area contributed by atoms with Crippen molar-refractivity contribution >= 4 is 0 Å². The summed E-state index contributed by atoms with van der Waals surface area (Å²) in [6, 6.07) is 0. The molecule has 0 aromatic carbocycles. The first-order chi connectivity index (χ1) is 7.00. The van der Waals surface area contributed by atoms with Crippen molar-refractivity contribution in [2.24, 2.45) is 0 Å². The first kappa shape index (κ1) is 11.0. The van der Waals surface area contributed by atoms with Gasteiger partial charge in [-0.25, -0.2) is 0 Å². The fourth-order valence-corrected chi connectivity index (χ4v) is 1.30. The van der Waals surface area contributed by atoms with E-state index in [0.29, 0.717) is 0 Å². The standard InChI is InChI=1S/C14H19/c1-2-4-6-8-10-12-14-13-11-9-7-5-3-1/h1-4,7,9-12H,5-6,8,13-14H2/b3-1+,4-2-,9-7+,12-10-. The smallest absolute Gasteiger partial charge is 0.0166 e. The molecule has 0 N–H and O–H groups in total. The second kappa shape index (κ2) is 8.55. The van der Waals surface area contributed by atoms with E-state index >= 15 is 0 Å². The van der Waals surface area contributed by atoms with Crippen molar-refractivity contribution in [3.63, 3.8) is 0 Å². The van der Waals surface area contributed by atoms with E-state index in [0.717, 1.165) is 19.3 Å². The van der Waals surface area contributed by atoms with Gasteiger partial charge in [0.05, 0.1) is 0 Å². The van der Waals surface area contributed by atoms with E-state index < -0.39 is 0 Å². The van der Waals surface area contributed by atoms with Crippen molar-refractivity contribution in [1.29, 1.82) is 0 Å². The Hall–Kier alpha value is -1.04. The predicted octanol–water partition coefficient (Wildman–Crippen LogP) is 4.38. The number of allylic oxidation sites excluding steroid dienone is 8. The molecule has 0 saturated carbocycles. The number of rotatable bonds is 0. The lowest BCUT2D eigenvalue weighted by atomic mass is 10.2. The van der Waals surface area contributed by atoms with Gasteiger partial charge in [0.1, 0.15) is 0 Å². The highest BCUT2D eigenvalue weighted by Gasteiger charge is 1.82. The summed E-state index contributed by atoms with van der Waals surface area (Å²) < 4.78 is 0. The third-order valence-corrected chi connectivity index (χ3v) is 2.09. The average molecular weight is 187 g/mol. The van der Waals surface area contributed by atoms with Gasteiger partial charge in [-0.2, -0.15) is 0 Å². The van der Waals surface area contributed by atoms with Crippen LogP contribution >= 0.6 is 0 Å². The van der Waals surface area contributed by atoms with Crippen molar-refractivity contribution in [2.45, 2.75) is 32.1 Å². The van der Waals surface area contributed by atoms with Gasteiger partial charge in [-0.05, 0) is 38.5 Å². The Balaban J connectivity index is 2.35. The fraction of sp³-hybridized carbons (Fsp3) is 0.357. The zero-order chi connectivity index (χ0) is 9.90. The molecular weight excluding hydrogens is 168 g/mol. The average Bonchev–Trinajstić information content (AvgIpc) is 2.22. The SMILES string of the molecule is [CH]1/C=C/C/C=C/C=C\CC/C=C\CC1. The van der Waals surface area contributed by atoms with Gasteiger partial charge in [-0.1, -0.05) is 48.6 Å². The van der Waals surface area contributed by atoms with Crippen LogP contribution in [0.5, 0.6) is 0 Å². The molecule has 0 aliphatic heterocycles. The zero-order valence-electron chi connectivity index (χ0n) is 8.73. The Morgan fingerprint density at radius 1 is 0.500 bits per heavy atom. The normalized spacial score (nSPS) is 28.6. The van der Waals surface area contributed by atoms with Crippen molar-refractivity contribution in [2.75, 3.05) is 0 Å². The van der Waals surface area contributed by atoms with Crippen molar-refractivity contribution in [3.8, 4) is 0 Å². The molecule has 0 amide bonds. The number of hydrogen-bond donors (Lipinski definition) is 0. The number of hydrogen-bond acceptors (Lipinski definition) is 0. The molecule has 1 rings (SSSR count). The summed E-state index contributed by atoms with van der Waals surface area (Å²) >= 11 is 0. The van der Waals surface area contributed by atoms with Crippen LogP contribution in [0.25, 0.3) is 0 Å². The van der Waals surface area contributed by atoms with Crippen LogP contribution in [0.4, 0.5) is 0 Å². The maximum Gasteiger partial charge on any atom is -0.0166 e. The molecule has 0 aromatic rings. The van der Waals surface area contributed by atoms with Crippen LogP contribution in [0.1, 0.15) is 32.1 Å². The lowest BCUT2D eigenvalue weighted by Gasteiger charge is -1.91. The lowest BCUT2D eigenvalue weighted by molar-refractivity contribution is 0.976. The third kappa shape index (κ3) is 6.47. The molecule has 0 nitrogen and oxygen atoms in total. The Morgan fingerprint density at radius 3 is 2.07 bits per heavy atom. The molecule has 0 heteroatoms. The van der Waals surface area contributed by atoms with Gasteiger partial charge in [-0.15, -0.1) is 0 Å². The van der Waals surface area contributed by atoms with E-state index in [-0.39, 0.29) is 0 Å². The van der Waals surface area contributed by atoms with E-state index in [1.54, 1.807) is 0 Å². The Morgan fingerprint density at radius 2 is 1.14 bits per heavy atom. The minimum absolute atomic E-state index is 1.04. The van der Waals surface area contributed by atoms with Crippen LogP contribution in [0.15, 0.2) is 48.6 Å². The maximum absolute atomic E-state index is 2.28. The molecule has 1 radical (unpaired) electrons. The molecule has 75 valence electrons. The van der Waals surface area contributed by atoms with E-state index in [1.807, 2.05) is 0 Å². The highest BCUT2D eigenvalue weighted by atomic mass is 13.9. The lowest BCUT2D eigenvalue weighted by Crippen LogP contribution is -1.72. The highest BCUT2D eigenvalue weighted by molar-refractivity contribution is 5.07. The van der Waals surface area contributed by atoms with Crippen LogP contribution in [0.2, 0.25) is 0 Å². The molecule has 1 aliphatic rings. The molecule has 0 spiro atoms. The molecular formula is C14H19. The first-order valence-corrected chi connectivity index (χ1v) is 5.45. The molecule has 0 unspecified atom stereocenters. The van der Waals surface area contributed by atoms with E-state index in [1.165, 1.54) is 12.8 Å². The van der Waals surface area contributed by atoms with Crippen LogP contribution in [0, 0.1) is 6.42 Å². The van der Waals surface area contributed by atoms with E-state index in [9.17, 15) is 0 Å². The van der Waals surface area contributed by atoms with Gasteiger partial charge in [0, 0.05) is 0 Å². The van der Waals surface area contributed by atoms with Crippen molar-refractivity contribution in [3.05, 3.63) is 55.0 Å². The Bertz CT molecular complexity index is 228. The predicted molar refractivity (Wildman–Crippen MR) is 63.9 cm³/mol. The summed E-state index contributed by atoms with van der Waals surface area (Å²) in [6.45, 7) is 0. The van der Waals surface area contributed by atoms with Crippen LogP contribution in [-0.2, 0) is 0 Å². The minimum atomic E-state index is 1.04. The minimum Gasteiger partial charge on any atom is -0.0885 e. The van der Waals surface area contributed by atoms with Gasteiger partial charge in [-0.3, -0.25) is 0 Å². The largest absolute Gasteiger partial charge is 0.0885 e. The first-order valence-electron chi connectivity index (χ1n) is 5.45. The zero-order valence-corrected chi connectivity index (χ0v) is 8.73. The molecule has 0 fully saturated rings. The molecule has 14 heavy (non-hydrogen) atoms. The monoisotopic (exact) mass is 187 g/mol. The maximum atomic E-state index is 2.28. The van der Waals surface area contributed by atoms with E-state index in [4.69, 9.17) is 0 Å². The van der Waals surface area contributed by atoms with Crippen molar-refractivity contribution < 1.29 is 0 Å². The molecule has 0 saturated heterocycles. The summed E-state index contributed by atoms with van der Waals surface area (Å²) in [4.78, 5) is 0. The van der Waals surface area contributed by atoms with Gasteiger partial charge < -0.3 is 0 Å². The Kier molecular flexibility index (Phi) is 6.74. The summed E-state index contributed by atoms with van der Waals surface area (Å²) in [5.41, 5.74) is 0. The fourth-order valence-electron chi connectivity index (χ4n) is 1.30. The summed E-state index contributed by atoms with van der Waals surface area (Å²) in [5.74, 6) is 0. The molecule has 0 heterocycles. The second-order valence-electron chi connectivity index (χ2n) is 3.38. The summed E-state index contributed by atoms with van der Waals surface area (Å²) in [7, 11) is 0. The second-order valence-corrected chi connectivity index (χ2v) is 3.38. The molecule has 0 atom stereocenters. The van der Waals surface area contributed by atoms with Gasteiger partial charge >= 0.3 is 0 Å². The Labute approximate surface area is 87.7 Å². The van der Waals surface area contributed by atoms with Crippen LogP contribution < -0.4 is 0 Å². The summed E-state index contributed by atoms with van der Waals surface area (Å²) in [6.07, 6.45) is 25.5. The van der Waals surface area contributed by atoms with Crippen molar-refractivity contribution in [1.82, 2.24) is 0 Å².